The average molecular weight is 292 g/mol. The Kier molecular flexibility index (Phi) is 6.14. The van der Waals surface area contributed by atoms with Crippen LogP contribution in [0.1, 0.15) is 4.88 Å². The maximum atomic E-state index is 7.00. The molecule has 0 bridgehead atoms. The molecule has 1 N–H and O–H groups in total. The smallest absolute Gasteiger partial charge is 0.0594 e. The third-order valence-corrected chi connectivity index (χ3v) is 4.21. The molecule has 0 radical (unpaired) electrons. The summed E-state index contributed by atoms with van der Waals surface area (Å²) in [4.78, 5) is 9.32. The van der Waals surface area contributed by atoms with Crippen LogP contribution in [0.2, 0.25) is 0 Å². The van der Waals surface area contributed by atoms with Crippen LogP contribution in [-0.4, -0.2) is 48.4 Å². The molecular formula is C15H20N2O2S. The summed E-state index contributed by atoms with van der Waals surface area (Å²) >= 11 is 1.86. The first-order valence-electron chi connectivity index (χ1n) is 6.66. The zero-order valence-corrected chi connectivity index (χ0v) is 12.5. The number of aliphatic hydroxyl groups is 1. The van der Waals surface area contributed by atoms with Crippen molar-refractivity contribution in [2.45, 2.75) is 6.54 Å². The van der Waals surface area contributed by atoms with Gasteiger partial charge in [0.05, 0.1) is 13.2 Å². The van der Waals surface area contributed by atoms with Crippen molar-refractivity contribution in [1.82, 2.24) is 9.88 Å². The van der Waals surface area contributed by atoms with Gasteiger partial charge in [-0.2, -0.15) is 0 Å². The van der Waals surface area contributed by atoms with E-state index in [1.165, 1.54) is 15.3 Å². The summed E-state index contributed by atoms with van der Waals surface area (Å²) in [7, 11) is 1.00. The van der Waals surface area contributed by atoms with E-state index in [0.717, 1.165) is 40.0 Å². The maximum absolute atomic E-state index is 7.00. The molecule has 20 heavy (non-hydrogen) atoms. The minimum absolute atomic E-state index is 0.862. The lowest BCUT2D eigenvalue weighted by atomic mass is 10.2. The molecule has 0 atom stereocenters. The van der Waals surface area contributed by atoms with Crippen molar-refractivity contribution in [2.24, 2.45) is 0 Å². The molecule has 1 fully saturated rings. The molecule has 0 amide bonds. The molecule has 5 heteroatoms. The summed E-state index contributed by atoms with van der Waals surface area (Å²) in [5.74, 6) is 0. The normalized spacial score (nSPS) is 15.5. The van der Waals surface area contributed by atoms with Crippen LogP contribution >= 0.6 is 11.3 Å². The fourth-order valence-electron chi connectivity index (χ4n) is 2.11. The molecule has 108 valence electrons. The lowest BCUT2D eigenvalue weighted by molar-refractivity contribution is 0.0346. The molecule has 0 saturated carbocycles. The Morgan fingerprint density at radius 3 is 2.75 bits per heavy atom. The van der Waals surface area contributed by atoms with Crippen molar-refractivity contribution in [1.29, 1.82) is 0 Å². The minimum atomic E-state index is 0.862. The fourth-order valence-corrected chi connectivity index (χ4v) is 3.15. The summed E-state index contributed by atoms with van der Waals surface area (Å²) in [6.45, 7) is 4.84. The Hall–Kier alpha value is -1.27. The van der Waals surface area contributed by atoms with Crippen LogP contribution in [-0.2, 0) is 11.3 Å². The number of aliphatic hydroxyl groups excluding tert-OH is 1. The van der Waals surface area contributed by atoms with Crippen LogP contribution in [0.3, 0.4) is 0 Å². The van der Waals surface area contributed by atoms with Crippen LogP contribution in [0.25, 0.3) is 10.4 Å². The fraction of sp³-hybridized carbons (Fsp3) is 0.400. The lowest BCUT2D eigenvalue weighted by Crippen LogP contribution is -2.35. The standard InChI is InChI=1S/C14H16N2OS.CH4O/c1-2-12(10-15-5-1)14-4-3-13(18-14)11-16-6-8-17-9-7-16;1-2/h1-5,10H,6-9,11H2;2H,1H3. The third kappa shape index (κ3) is 4.11. The van der Waals surface area contributed by atoms with Crippen molar-refractivity contribution in [3.63, 3.8) is 0 Å². The van der Waals surface area contributed by atoms with E-state index in [1.807, 2.05) is 29.8 Å². The Morgan fingerprint density at radius 2 is 2.05 bits per heavy atom. The van der Waals surface area contributed by atoms with Crippen molar-refractivity contribution < 1.29 is 9.84 Å². The summed E-state index contributed by atoms with van der Waals surface area (Å²) in [6.07, 6.45) is 3.73. The Labute approximate surface area is 123 Å². The van der Waals surface area contributed by atoms with E-state index >= 15 is 0 Å². The van der Waals surface area contributed by atoms with Gasteiger partial charge in [0, 0.05) is 54.5 Å². The molecule has 3 rings (SSSR count). The van der Waals surface area contributed by atoms with Gasteiger partial charge in [-0.1, -0.05) is 6.07 Å². The van der Waals surface area contributed by atoms with E-state index in [9.17, 15) is 0 Å². The molecule has 1 aliphatic rings. The van der Waals surface area contributed by atoms with Crippen LogP contribution < -0.4 is 0 Å². The second kappa shape index (κ2) is 8.11. The van der Waals surface area contributed by atoms with E-state index < -0.39 is 0 Å². The van der Waals surface area contributed by atoms with Crippen LogP contribution in [0.4, 0.5) is 0 Å². The van der Waals surface area contributed by atoms with Crippen molar-refractivity contribution >= 4 is 11.3 Å². The first-order valence-corrected chi connectivity index (χ1v) is 7.47. The highest BCUT2D eigenvalue weighted by Crippen LogP contribution is 2.28. The van der Waals surface area contributed by atoms with E-state index in [0.29, 0.717) is 0 Å². The lowest BCUT2D eigenvalue weighted by Gasteiger charge is -2.25. The Morgan fingerprint density at radius 1 is 1.25 bits per heavy atom. The summed E-state index contributed by atoms with van der Waals surface area (Å²) in [5, 5.41) is 7.00. The molecule has 0 aliphatic carbocycles. The van der Waals surface area contributed by atoms with Gasteiger partial charge >= 0.3 is 0 Å². The first-order chi connectivity index (χ1) is 9.92. The Balaban J connectivity index is 0.000000704. The SMILES string of the molecule is CO.c1cncc(-c2ccc(CN3CCOCC3)s2)c1. The number of hydrogen-bond donors (Lipinski definition) is 1. The molecule has 2 aromatic heterocycles. The second-order valence-electron chi connectivity index (χ2n) is 4.40. The van der Waals surface area contributed by atoms with Crippen LogP contribution in [0.15, 0.2) is 36.7 Å². The molecule has 3 heterocycles. The largest absolute Gasteiger partial charge is 0.400 e. The van der Waals surface area contributed by atoms with Gasteiger partial charge in [0.2, 0.25) is 0 Å². The van der Waals surface area contributed by atoms with Gasteiger partial charge in [-0.3, -0.25) is 9.88 Å². The highest BCUT2D eigenvalue weighted by atomic mass is 32.1. The molecule has 4 nitrogen and oxygen atoms in total. The number of thiophene rings is 1. The number of nitrogens with zero attached hydrogens (tertiary/aromatic N) is 2. The Bertz CT molecular complexity index is 496. The van der Waals surface area contributed by atoms with E-state index in [1.54, 1.807) is 0 Å². The molecule has 0 spiro atoms. The number of morpholine rings is 1. The predicted molar refractivity (Wildman–Crippen MR) is 81.8 cm³/mol. The van der Waals surface area contributed by atoms with Gasteiger partial charge in [0.15, 0.2) is 0 Å². The van der Waals surface area contributed by atoms with Gasteiger partial charge < -0.3 is 9.84 Å². The van der Waals surface area contributed by atoms with E-state index in [-0.39, 0.29) is 0 Å². The summed E-state index contributed by atoms with van der Waals surface area (Å²) in [6, 6.07) is 8.51. The molecule has 1 aliphatic heterocycles. The number of hydrogen-bond acceptors (Lipinski definition) is 5. The zero-order chi connectivity index (χ0) is 14.2. The highest BCUT2D eigenvalue weighted by molar-refractivity contribution is 7.15. The number of aromatic nitrogens is 1. The molecular weight excluding hydrogens is 272 g/mol. The predicted octanol–water partition coefficient (Wildman–Crippen LogP) is 2.25. The molecule has 1 saturated heterocycles. The molecule has 2 aromatic rings. The van der Waals surface area contributed by atoms with Crippen LogP contribution in [0, 0.1) is 0 Å². The van der Waals surface area contributed by atoms with Crippen molar-refractivity contribution in [3.8, 4) is 10.4 Å². The highest BCUT2D eigenvalue weighted by Gasteiger charge is 2.12. The van der Waals surface area contributed by atoms with E-state index in [2.05, 4.69) is 28.1 Å². The summed E-state index contributed by atoms with van der Waals surface area (Å²) in [5.41, 5.74) is 1.20. The third-order valence-electron chi connectivity index (χ3n) is 3.09. The topological polar surface area (TPSA) is 45.6 Å². The minimum Gasteiger partial charge on any atom is -0.400 e. The maximum Gasteiger partial charge on any atom is 0.0594 e. The number of pyridine rings is 1. The van der Waals surface area contributed by atoms with Crippen LogP contribution in [0.5, 0.6) is 0 Å². The molecule has 0 aromatic carbocycles. The van der Waals surface area contributed by atoms with E-state index in [4.69, 9.17) is 9.84 Å². The quantitative estimate of drug-likeness (QED) is 0.942. The number of ether oxygens (including phenoxy) is 1. The van der Waals surface area contributed by atoms with Crippen molar-refractivity contribution in [3.05, 3.63) is 41.5 Å². The summed E-state index contributed by atoms with van der Waals surface area (Å²) < 4.78 is 5.37. The second-order valence-corrected chi connectivity index (χ2v) is 5.56. The van der Waals surface area contributed by atoms with Gasteiger partial charge in [0.1, 0.15) is 0 Å². The molecule has 0 unspecified atom stereocenters. The van der Waals surface area contributed by atoms with Gasteiger partial charge in [-0.15, -0.1) is 11.3 Å². The van der Waals surface area contributed by atoms with Crippen molar-refractivity contribution in [2.75, 3.05) is 33.4 Å². The first kappa shape index (κ1) is 15.1. The van der Waals surface area contributed by atoms with Gasteiger partial charge in [0.25, 0.3) is 0 Å². The zero-order valence-electron chi connectivity index (χ0n) is 11.7. The van der Waals surface area contributed by atoms with Gasteiger partial charge in [-0.05, 0) is 18.2 Å². The number of rotatable bonds is 3. The van der Waals surface area contributed by atoms with Gasteiger partial charge in [-0.25, -0.2) is 0 Å². The monoisotopic (exact) mass is 292 g/mol. The average Bonchev–Trinajstić information content (AvgIpc) is 3.00.